The molecule has 0 N–H and O–H groups in total. The number of rotatable bonds is 0. The molecule has 1 aliphatic rings. The predicted octanol–water partition coefficient (Wildman–Crippen LogP) is 6.53. The second kappa shape index (κ2) is 4.71. The Hall–Kier alpha value is -0.230. The number of benzene rings is 2. The van der Waals surface area contributed by atoms with E-state index in [0.717, 1.165) is 13.4 Å². The summed E-state index contributed by atoms with van der Waals surface area (Å²) < 4.78 is 14.0. The van der Waals surface area contributed by atoms with Crippen LogP contribution in [0.3, 0.4) is 0 Å². The fourth-order valence-electron chi connectivity index (χ4n) is 1.62. The van der Waals surface area contributed by atoms with Gasteiger partial charge in [0, 0.05) is 6.07 Å². The van der Waals surface area contributed by atoms with Crippen molar-refractivity contribution in [2.24, 2.45) is 0 Å². The standard InChI is InChI=1S/C12H4Br3ClO2/c13-5-2-1-3-7-11(5)18-8-4-6(16)9(14)10(15)12(8)17-7/h1-4H. The van der Waals surface area contributed by atoms with Crippen LogP contribution in [-0.4, -0.2) is 0 Å². The van der Waals surface area contributed by atoms with E-state index in [9.17, 15) is 0 Å². The molecule has 0 saturated heterocycles. The molecule has 0 atom stereocenters. The van der Waals surface area contributed by atoms with E-state index < -0.39 is 0 Å². The first-order valence-corrected chi connectivity index (χ1v) is 7.65. The number of hydrogen-bond donors (Lipinski definition) is 0. The van der Waals surface area contributed by atoms with Crippen molar-refractivity contribution in [3.8, 4) is 23.0 Å². The Bertz CT molecular complexity index is 658. The number of fused-ring (bicyclic) bond motifs is 2. The van der Waals surface area contributed by atoms with Crippen LogP contribution in [0.5, 0.6) is 23.0 Å². The van der Waals surface area contributed by atoms with Crippen molar-refractivity contribution in [1.82, 2.24) is 0 Å². The lowest BCUT2D eigenvalue weighted by Gasteiger charge is -2.23. The lowest BCUT2D eigenvalue weighted by molar-refractivity contribution is 0.355. The van der Waals surface area contributed by atoms with Crippen molar-refractivity contribution in [2.45, 2.75) is 0 Å². The fourth-order valence-corrected chi connectivity index (χ4v) is 3.14. The summed E-state index contributed by atoms with van der Waals surface area (Å²) in [5.41, 5.74) is 0. The first-order valence-electron chi connectivity index (χ1n) is 4.89. The largest absolute Gasteiger partial charge is 0.448 e. The van der Waals surface area contributed by atoms with Gasteiger partial charge in [-0.25, -0.2) is 0 Å². The summed E-state index contributed by atoms with van der Waals surface area (Å²) in [7, 11) is 0. The van der Waals surface area contributed by atoms with Crippen LogP contribution in [0, 0.1) is 0 Å². The average molecular weight is 455 g/mol. The van der Waals surface area contributed by atoms with Crippen LogP contribution in [0.2, 0.25) is 5.02 Å². The molecule has 1 heterocycles. The fraction of sp³-hybridized carbons (Fsp3) is 0. The Kier molecular flexibility index (Phi) is 3.34. The van der Waals surface area contributed by atoms with Crippen LogP contribution >= 0.6 is 59.4 Å². The molecule has 0 bridgehead atoms. The molecule has 0 aromatic heterocycles. The van der Waals surface area contributed by atoms with Crippen LogP contribution in [0.15, 0.2) is 37.7 Å². The monoisotopic (exact) mass is 452 g/mol. The van der Waals surface area contributed by atoms with Gasteiger partial charge in [0.25, 0.3) is 0 Å². The van der Waals surface area contributed by atoms with Gasteiger partial charge in [0.15, 0.2) is 23.0 Å². The quantitative estimate of drug-likeness (QED) is 0.359. The summed E-state index contributed by atoms with van der Waals surface area (Å²) in [5, 5.41) is 0.555. The summed E-state index contributed by atoms with van der Waals surface area (Å²) in [6.07, 6.45) is 0. The molecule has 2 aromatic rings. The lowest BCUT2D eigenvalue weighted by atomic mass is 10.2. The van der Waals surface area contributed by atoms with E-state index in [1.165, 1.54) is 0 Å². The van der Waals surface area contributed by atoms with E-state index in [1.54, 1.807) is 6.07 Å². The Morgan fingerprint density at radius 3 is 2.39 bits per heavy atom. The number of para-hydroxylation sites is 1. The first-order chi connectivity index (χ1) is 8.58. The van der Waals surface area contributed by atoms with Gasteiger partial charge in [-0.3, -0.25) is 0 Å². The molecule has 6 heteroatoms. The third-order valence-corrected chi connectivity index (χ3v) is 5.70. The lowest BCUT2D eigenvalue weighted by Crippen LogP contribution is -2.00. The molecule has 18 heavy (non-hydrogen) atoms. The van der Waals surface area contributed by atoms with Crippen molar-refractivity contribution in [3.05, 3.63) is 42.7 Å². The van der Waals surface area contributed by atoms with Crippen molar-refractivity contribution in [1.29, 1.82) is 0 Å². The van der Waals surface area contributed by atoms with Gasteiger partial charge >= 0.3 is 0 Å². The molecular formula is C12H4Br3ClO2. The van der Waals surface area contributed by atoms with Crippen molar-refractivity contribution >= 4 is 59.4 Å². The highest BCUT2D eigenvalue weighted by Gasteiger charge is 2.25. The highest BCUT2D eigenvalue weighted by molar-refractivity contribution is 9.13. The Morgan fingerprint density at radius 1 is 0.889 bits per heavy atom. The van der Waals surface area contributed by atoms with E-state index in [2.05, 4.69) is 47.8 Å². The zero-order valence-electron chi connectivity index (χ0n) is 8.64. The molecule has 0 amide bonds. The van der Waals surface area contributed by atoms with Crippen LogP contribution in [-0.2, 0) is 0 Å². The minimum absolute atomic E-state index is 0.555. The second-order valence-electron chi connectivity index (χ2n) is 3.58. The zero-order chi connectivity index (χ0) is 12.9. The molecular weight excluding hydrogens is 451 g/mol. The summed E-state index contributed by atoms with van der Waals surface area (Å²) in [4.78, 5) is 0. The van der Waals surface area contributed by atoms with Gasteiger partial charge in [0.05, 0.1) is 18.4 Å². The van der Waals surface area contributed by atoms with Crippen LogP contribution in [0.4, 0.5) is 0 Å². The molecule has 0 spiro atoms. The number of hydrogen-bond acceptors (Lipinski definition) is 2. The average Bonchev–Trinajstić information content (AvgIpc) is 2.36. The number of ether oxygens (including phenoxy) is 2. The van der Waals surface area contributed by atoms with Gasteiger partial charge in [0.1, 0.15) is 0 Å². The van der Waals surface area contributed by atoms with E-state index in [1.807, 2.05) is 18.2 Å². The van der Waals surface area contributed by atoms with E-state index in [0.29, 0.717) is 28.0 Å². The minimum atomic E-state index is 0.555. The van der Waals surface area contributed by atoms with E-state index >= 15 is 0 Å². The van der Waals surface area contributed by atoms with Crippen molar-refractivity contribution in [3.63, 3.8) is 0 Å². The van der Waals surface area contributed by atoms with Crippen molar-refractivity contribution in [2.75, 3.05) is 0 Å². The molecule has 0 aliphatic carbocycles. The molecule has 0 saturated carbocycles. The van der Waals surface area contributed by atoms with Gasteiger partial charge < -0.3 is 9.47 Å². The Morgan fingerprint density at radius 2 is 1.61 bits per heavy atom. The van der Waals surface area contributed by atoms with Gasteiger partial charge in [-0.15, -0.1) is 0 Å². The molecule has 2 aromatic carbocycles. The predicted molar refractivity (Wildman–Crippen MR) is 81.1 cm³/mol. The summed E-state index contributed by atoms with van der Waals surface area (Å²) in [6, 6.07) is 7.34. The highest BCUT2D eigenvalue weighted by Crippen LogP contribution is 2.54. The second-order valence-corrected chi connectivity index (χ2v) is 6.43. The van der Waals surface area contributed by atoms with Crippen LogP contribution in [0.1, 0.15) is 0 Å². The molecule has 0 unspecified atom stereocenters. The maximum absolute atomic E-state index is 6.09. The molecule has 2 nitrogen and oxygen atoms in total. The van der Waals surface area contributed by atoms with Gasteiger partial charge in [-0.05, 0) is 59.9 Å². The van der Waals surface area contributed by atoms with Gasteiger partial charge in [-0.2, -0.15) is 0 Å². The summed E-state index contributed by atoms with van der Waals surface area (Å²) in [5.74, 6) is 2.49. The zero-order valence-corrected chi connectivity index (χ0v) is 14.2. The Labute approximate surface area is 134 Å². The molecule has 92 valence electrons. The van der Waals surface area contributed by atoms with E-state index in [-0.39, 0.29) is 0 Å². The van der Waals surface area contributed by atoms with E-state index in [4.69, 9.17) is 21.1 Å². The van der Waals surface area contributed by atoms with Crippen molar-refractivity contribution < 1.29 is 9.47 Å². The molecule has 3 rings (SSSR count). The SMILES string of the molecule is Clc1cc2c(c(Br)c1Br)Oc1cccc(Br)c1O2. The third-order valence-electron chi connectivity index (χ3n) is 2.44. The normalized spacial score (nSPS) is 12.2. The molecule has 0 radical (unpaired) electrons. The third kappa shape index (κ3) is 1.97. The summed E-state index contributed by atoms with van der Waals surface area (Å²) in [6.45, 7) is 0. The smallest absolute Gasteiger partial charge is 0.185 e. The minimum Gasteiger partial charge on any atom is -0.448 e. The molecule has 1 aliphatic heterocycles. The highest BCUT2D eigenvalue weighted by atomic mass is 79.9. The number of halogens is 4. The van der Waals surface area contributed by atoms with Crippen LogP contribution < -0.4 is 9.47 Å². The maximum atomic E-state index is 6.09. The maximum Gasteiger partial charge on any atom is 0.185 e. The van der Waals surface area contributed by atoms with Gasteiger partial charge in [-0.1, -0.05) is 17.7 Å². The first kappa shape index (κ1) is 12.8. The molecule has 0 fully saturated rings. The Balaban J connectivity index is 2.20. The summed E-state index contributed by atoms with van der Waals surface area (Å²) >= 11 is 16.3. The van der Waals surface area contributed by atoms with Crippen LogP contribution in [0.25, 0.3) is 0 Å². The van der Waals surface area contributed by atoms with Gasteiger partial charge in [0.2, 0.25) is 0 Å². The topological polar surface area (TPSA) is 18.5 Å².